The fourth-order valence-corrected chi connectivity index (χ4v) is 1.41. The molecule has 118 valence electrons. The third-order valence-corrected chi connectivity index (χ3v) is 2.81. The maximum atomic E-state index is 9.75. The van der Waals surface area contributed by atoms with Crippen LogP contribution in [0.1, 0.15) is 34.6 Å². The summed E-state index contributed by atoms with van der Waals surface area (Å²) in [4.78, 5) is 0. The van der Waals surface area contributed by atoms with Gasteiger partial charge < -0.3 is 17.3 Å². The Balaban J connectivity index is -0.000000110. The van der Waals surface area contributed by atoms with E-state index < -0.39 is 7.25 Å². The van der Waals surface area contributed by atoms with E-state index in [-0.39, 0.29) is 20.1 Å². The van der Waals surface area contributed by atoms with Gasteiger partial charge in [0, 0.05) is 26.0 Å². The first-order chi connectivity index (χ1) is 8.55. The van der Waals surface area contributed by atoms with Crippen LogP contribution in [0.3, 0.4) is 0 Å². The molecule has 0 bridgehead atoms. The maximum absolute atomic E-state index is 9.75. The monoisotopic (exact) mass is 473 g/mol. The van der Waals surface area contributed by atoms with Crippen molar-refractivity contribution in [2.45, 2.75) is 34.6 Å². The van der Waals surface area contributed by atoms with Gasteiger partial charge in [-0.1, -0.05) is 18.1 Å². The average Bonchev–Trinajstić information content (AvgIpc) is 2.51. The first-order valence-electron chi connectivity index (χ1n) is 5.31. The van der Waals surface area contributed by atoms with Gasteiger partial charge in [0.05, 0.1) is 0 Å². The zero-order chi connectivity index (χ0) is 16.4. The zero-order valence-electron chi connectivity index (χ0n) is 12.2. The molecular formula is C12H19BF4IrNO. The smallest absolute Gasteiger partial charge is 0 e. The fraction of sp³-hybridized carbons (Fsp3) is 0.417. The summed E-state index contributed by atoms with van der Waals surface area (Å²) in [7, 11) is -6.00. The van der Waals surface area contributed by atoms with Gasteiger partial charge in [-0.2, -0.15) is 0 Å². The molecule has 8 heteroatoms. The molecule has 0 aromatic rings. The van der Waals surface area contributed by atoms with Gasteiger partial charge in [-0.3, -0.25) is 0 Å². The van der Waals surface area contributed by atoms with Gasteiger partial charge in [0.15, 0.2) is 0 Å². The van der Waals surface area contributed by atoms with Crippen molar-refractivity contribution < 1.29 is 42.1 Å². The van der Waals surface area contributed by atoms with E-state index in [4.69, 9.17) is 10.2 Å². The number of rotatable bonds is 0. The van der Waals surface area contributed by atoms with Crippen LogP contribution in [0.25, 0.3) is 0 Å². The van der Waals surface area contributed by atoms with E-state index in [0.29, 0.717) is 0 Å². The second-order valence-corrected chi connectivity index (χ2v) is 3.62. The molecule has 0 amide bonds. The Morgan fingerprint density at radius 2 is 0.900 bits per heavy atom. The predicted octanol–water partition coefficient (Wildman–Crippen LogP) is 5.26. The Hall–Kier alpha value is -0.676. The number of hydrogen-bond donors (Lipinski definition) is 0. The minimum absolute atomic E-state index is 0. The minimum Gasteiger partial charge on any atom is 0 e. The Kier molecular flexibility index (Phi) is 18.4. The van der Waals surface area contributed by atoms with Crippen molar-refractivity contribution in [1.82, 2.24) is 0 Å². The van der Waals surface area contributed by atoms with Crippen molar-refractivity contribution in [3.63, 3.8) is 0 Å². The third kappa shape index (κ3) is 12.4. The Labute approximate surface area is 131 Å². The molecule has 20 heavy (non-hydrogen) atoms. The van der Waals surface area contributed by atoms with E-state index in [1.165, 1.54) is 28.2 Å². The van der Waals surface area contributed by atoms with Crippen LogP contribution in [-0.4, -0.2) is 7.25 Å². The first kappa shape index (κ1) is 27.6. The molecule has 0 aromatic heterocycles. The van der Waals surface area contributed by atoms with Crippen molar-refractivity contribution in [2.75, 3.05) is 0 Å². The van der Waals surface area contributed by atoms with E-state index in [1.54, 1.807) is 0 Å². The molecule has 0 saturated carbocycles. The third-order valence-electron chi connectivity index (χ3n) is 2.81. The van der Waals surface area contributed by atoms with Gasteiger partial charge in [-0.05, 0) is 38.8 Å². The van der Waals surface area contributed by atoms with Crippen molar-refractivity contribution in [3.8, 4) is 0 Å². The second kappa shape index (κ2) is 13.3. The first-order valence-corrected chi connectivity index (χ1v) is 5.31. The number of allylic oxidation sites excluding steroid dienone is 4. The van der Waals surface area contributed by atoms with Crippen LogP contribution in [0.2, 0.25) is 0 Å². The standard InChI is InChI=1S/C10H15.C2H4.BF4.Ir.NO/c1-6-7(2)9(4)10(5)8(6)3;1-2;2-1(3,4)5;;1-2/h1-5H3;1-2H2;;;/q;;-1;;+1. The molecule has 2 radical (unpaired) electrons. The Bertz CT molecular complexity index is 334. The van der Waals surface area contributed by atoms with E-state index in [1.807, 2.05) is 0 Å². The van der Waals surface area contributed by atoms with Crippen LogP contribution in [0, 0.1) is 11.4 Å². The number of hydrogen-bond acceptors (Lipinski definition) is 1. The van der Waals surface area contributed by atoms with Crippen molar-refractivity contribution in [2.24, 2.45) is 0 Å². The van der Waals surface area contributed by atoms with E-state index >= 15 is 0 Å². The van der Waals surface area contributed by atoms with Gasteiger partial charge in [-0.25, -0.2) is 0 Å². The van der Waals surface area contributed by atoms with Crippen LogP contribution in [-0.2, 0) is 24.9 Å². The van der Waals surface area contributed by atoms with Crippen LogP contribution >= 0.6 is 0 Å². The van der Waals surface area contributed by atoms with Crippen LogP contribution in [0.4, 0.5) is 17.3 Å². The summed E-state index contributed by atoms with van der Waals surface area (Å²) in [5, 5.41) is 0. The van der Waals surface area contributed by atoms with Crippen LogP contribution < -0.4 is 0 Å². The molecule has 0 atom stereocenters. The zero-order valence-corrected chi connectivity index (χ0v) is 14.6. The van der Waals surface area contributed by atoms with Crippen LogP contribution in [0.15, 0.2) is 35.5 Å². The maximum Gasteiger partial charge on any atom is 0 e. The molecule has 0 heterocycles. The van der Waals surface area contributed by atoms with Crippen molar-refractivity contribution >= 4 is 7.25 Å². The molecule has 0 unspecified atom stereocenters. The molecule has 0 aliphatic heterocycles. The predicted molar refractivity (Wildman–Crippen MR) is 69.5 cm³/mol. The normalized spacial score (nSPS) is 13.9. The molecule has 1 aliphatic rings. The minimum atomic E-state index is -6.00. The van der Waals surface area contributed by atoms with Crippen LogP contribution in [0.5, 0.6) is 0 Å². The molecule has 0 saturated heterocycles. The van der Waals surface area contributed by atoms with Crippen molar-refractivity contribution in [1.29, 1.82) is 5.46 Å². The van der Waals surface area contributed by atoms with E-state index in [9.17, 15) is 17.3 Å². The van der Waals surface area contributed by atoms with Gasteiger partial charge in [0.1, 0.15) is 0 Å². The van der Waals surface area contributed by atoms with Crippen molar-refractivity contribution in [3.05, 3.63) is 41.4 Å². The Morgan fingerprint density at radius 1 is 0.750 bits per heavy atom. The summed E-state index contributed by atoms with van der Waals surface area (Å²) in [5.74, 6) is 1.47. The Morgan fingerprint density at radius 3 is 0.950 bits per heavy atom. The van der Waals surface area contributed by atoms with Gasteiger partial charge in [-0.15, -0.1) is 13.2 Å². The molecule has 0 aromatic carbocycles. The van der Waals surface area contributed by atoms with Gasteiger partial charge in [0.2, 0.25) is 0 Å². The second-order valence-electron chi connectivity index (χ2n) is 3.62. The summed E-state index contributed by atoms with van der Waals surface area (Å²) >= 11 is 0. The topological polar surface area (TPSA) is 43.7 Å². The summed E-state index contributed by atoms with van der Waals surface area (Å²) < 4.78 is 46.2. The summed E-state index contributed by atoms with van der Waals surface area (Å²) in [6.45, 7) is 17.0. The SMILES string of the molecule is C=C.C[C]1C(C)=C(C)C(C)=C1C.F[B-](F)(F)F.N#[O+].[Ir]. The molecule has 1 rings (SSSR count). The summed E-state index contributed by atoms with van der Waals surface area (Å²) in [6, 6.07) is 0. The largest absolute Gasteiger partial charge is 0 e. The molecular weight excluding hydrogens is 453 g/mol. The molecule has 0 spiro atoms. The molecule has 0 fully saturated rings. The summed E-state index contributed by atoms with van der Waals surface area (Å²) in [5.41, 5.74) is 11.6. The van der Waals surface area contributed by atoms with E-state index in [2.05, 4.69) is 47.8 Å². The molecule has 0 N–H and O–H groups in total. The average molecular weight is 472 g/mol. The van der Waals surface area contributed by atoms with E-state index in [0.717, 1.165) is 0 Å². The summed E-state index contributed by atoms with van der Waals surface area (Å²) in [6.07, 6.45) is 0. The fourth-order valence-electron chi connectivity index (χ4n) is 1.41. The van der Waals surface area contributed by atoms with Gasteiger partial charge in [0.25, 0.3) is 0 Å². The number of nitrogens with zero attached hydrogens (tertiary/aromatic N) is 1. The molecule has 2 nitrogen and oxygen atoms in total. The van der Waals surface area contributed by atoms with Gasteiger partial charge >= 0.3 is 17.5 Å². The number of halogens is 4. The quantitative estimate of drug-likeness (QED) is 0.205. The molecule has 1 aliphatic carbocycles.